The van der Waals surface area contributed by atoms with Crippen molar-refractivity contribution in [1.82, 2.24) is 9.97 Å². The molecule has 0 amide bonds. The number of H-pyrrole nitrogens is 1. The van der Waals surface area contributed by atoms with Crippen LogP contribution in [0.5, 0.6) is 6.01 Å². The second kappa shape index (κ2) is 4.78. The van der Waals surface area contributed by atoms with Gasteiger partial charge in [-0.15, -0.1) is 0 Å². The van der Waals surface area contributed by atoms with Gasteiger partial charge < -0.3 is 9.47 Å². The Balaban J connectivity index is 3.46. The molecular formula is C10H14N2O4. The molecule has 88 valence electrons. The summed E-state index contributed by atoms with van der Waals surface area (Å²) in [5, 5.41) is 0. The number of rotatable bonds is 3. The van der Waals surface area contributed by atoms with Crippen LogP contribution < -0.4 is 10.3 Å². The third-order valence-electron chi connectivity index (χ3n) is 2.06. The van der Waals surface area contributed by atoms with Crippen LogP contribution >= 0.6 is 0 Å². The van der Waals surface area contributed by atoms with E-state index in [9.17, 15) is 9.59 Å². The first-order chi connectivity index (χ1) is 7.51. The molecule has 0 atom stereocenters. The second-order valence-corrected chi connectivity index (χ2v) is 3.48. The maximum absolute atomic E-state index is 11.6. The number of aromatic amines is 1. The van der Waals surface area contributed by atoms with Gasteiger partial charge in [-0.3, -0.25) is 9.78 Å². The molecule has 0 bridgehead atoms. The highest BCUT2D eigenvalue weighted by atomic mass is 16.5. The van der Waals surface area contributed by atoms with Crippen molar-refractivity contribution >= 4 is 5.97 Å². The number of nitrogens with one attached hydrogen (secondary N) is 1. The molecule has 0 saturated heterocycles. The van der Waals surface area contributed by atoms with E-state index in [1.807, 2.05) is 13.8 Å². The molecule has 6 heteroatoms. The van der Waals surface area contributed by atoms with Crippen molar-refractivity contribution in [1.29, 1.82) is 0 Å². The highest BCUT2D eigenvalue weighted by Gasteiger charge is 2.21. The van der Waals surface area contributed by atoms with Crippen LogP contribution in [0.25, 0.3) is 0 Å². The number of methoxy groups -OCH3 is 2. The maximum atomic E-state index is 11.6. The first-order valence-electron chi connectivity index (χ1n) is 4.77. The summed E-state index contributed by atoms with van der Waals surface area (Å²) in [6.45, 7) is 3.65. The lowest BCUT2D eigenvalue weighted by Gasteiger charge is -2.10. The van der Waals surface area contributed by atoms with E-state index in [0.29, 0.717) is 5.69 Å². The fourth-order valence-electron chi connectivity index (χ4n) is 1.28. The zero-order valence-electron chi connectivity index (χ0n) is 9.66. The van der Waals surface area contributed by atoms with Crippen molar-refractivity contribution in [3.8, 4) is 6.01 Å². The van der Waals surface area contributed by atoms with Gasteiger partial charge in [0.15, 0.2) is 0 Å². The molecule has 0 aliphatic carbocycles. The third kappa shape index (κ3) is 2.21. The summed E-state index contributed by atoms with van der Waals surface area (Å²) in [6.07, 6.45) is 0. The highest BCUT2D eigenvalue weighted by molar-refractivity contribution is 5.90. The molecule has 1 rings (SSSR count). The quantitative estimate of drug-likeness (QED) is 0.767. The number of nitrogens with zero attached hydrogens (tertiary/aromatic N) is 1. The van der Waals surface area contributed by atoms with Crippen LogP contribution in [0.3, 0.4) is 0 Å². The van der Waals surface area contributed by atoms with Crippen molar-refractivity contribution in [2.75, 3.05) is 14.2 Å². The van der Waals surface area contributed by atoms with E-state index in [-0.39, 0.29) is 17.5 Å². The van der Waals surface area contributed by atoms with E-state index in [2.05, 4.69) is 14.7 Å². The van der Waals surface area contributed by atoms with Gasteiger partial charge in [0, 0.05) is 0 Å². The number of carbonyl (C=O) groups excluding carboxylic acids is 1. The summed E-state index contributed by atoms with van der Waals surface area (Å²) < 4.78 is 9.38. The Kier molecular flexibility index (Phi) is 3.65. The Morgan fingerprint density at radius 3 is 2.44 bits per heavy atom. The Hall–Kier alpha value is -1.85. The zero-order chi connectivity index (χ0) is 12.3. The molecule has 6 nitrogen and oxygen atoms in total. The van der Waals surface area contributed by atoms with Gasteiger partial charge in [0.25, 0.3) is 11.6 Å². The minimum absolute atomic E-state index is 0.0710. The van der Waals surface area contributed by atoms with E-state index < -0.39 is 11.5 Å². The number of hydrogen-bond donors (Lipinski definition) is 1. The van der Waals surface area contributed by atoms with Crippen molar-refractivity contribution in [2.24, 2.45) is 0 Å². The van der Waals surface area contributed by atoms with Gasteiger partial charge in [-0.25, -0.2) is 9.78 Å². The minimum Gasteiger partial charge on any atom is -0.468 e. The first kappa shape index (κ1) is 12.2. The number of hydrogen-bond acceptors (Lipinski definition) is 5. The summed E-state index contributed by atoms with van der Waals surface area (Å²) in [4.78, 5) is 29.5. The molecule has 16 heavy (non-hydrogen) atoms. The van der Waals surface area contributed by atoms with Gasteiger partial charge in [0.05, 0.1) is 19.9 Å². The van der Waals surface area contributed by atoms with Gasteiger partial charge in [-0.2, -0.15) is 0 Å². The topological polar surface area (TPSA) is 81.3 Å². The van der Waals surface area contributed by atoms with Crippen LogP contribution in [0.1, 0.15) is 35.8 Å². The number of aromatic nitrogens is 2. The molecule has 0 aliphatic rings. The van der Waals surface area contributed by atoms with Gasteiger partial charge in [-0.05, 0) is 5.92 Å². The van der Waals surface area contributed by atoms with E-state index in [1.165, 1.54) is 14.2 Å². The minimum atomic E-state index is -0.694. The number of ether oxygens (including phenoxy) is 2. The SMILES string of the molecule is COC(=O)c1c(C(C)C)nc(OC)[nH]c1=O. The monoisotopic (exact) mass is 226 g/mol. The van der Waals surface area contributed by atoms with Crippen molar-refractivity contribution in [2.45, 2.75) is 19.8 Å². The van der Waals surface area contributed by atoms with E-state index in [4.69, 9.17) is 4.74 Å². The maximum Gasteiger partial charge on any atom is 0.345 e. The largest absolute Gasteiger partial charge is 0.468 e. The van der Waals surface area contributed by atoms with Crippen LogP contribution in [0, 0.1) is 0 Å². The second-order valence-electron chi connectivity index (χ2n) is 3.48. The molecule has 0 aliphatic heterocycles. The summed E-state index contributed by atoms with van der Waals surface area (Å²) in [6, 6.07) is 0.0846. The first-order valence-corrected chi connectivity index (χ1v) is 4.77. The lowest BCUT2D eigenvalue weighted by molar-refractivity contribution is 0.0596. The summed E-state index contributed by atoms with van der Waals surface area (Å²) in [5.41, 5.74) is -0.256. The molecule has 0 radical (unpaired) electrons. The fraction of sp³-hybridized carbons (Fsp3) is 0.500. The molecule has 0 fully saturated rings. The third-order valence-corrected chi connectivity index (χ3v) is 2.06. The van der Waals surface area contributed by atoms with Gasteiger partial charge >= 0.3 is 5.97 Å². The molecule has 1 aromatic heterocycles. The normalized spacial score (nSPS) is 10.3. The molecule has 0 unspecified atom stereocenters. The van der Waals surface area contributed by atoms with Gasteiger partial charge in [-0.1, -0.05) is 13.8 Å². The number of esters is 1. The molecule has 0 spiro atoms. The van der Waals surface area contributed by atoms with Crippen LogP contribution in [0.4, 0.5) is 0 Å². The Morgan fingerprint density at radius 2 is 2.00 bits per heavy atom. The van der Waals surface area contributed by atoms with Crippen molar-refractivity contribution < 1.29 is 14.3 Å². The van der Waals surface area contributed by atoms with Gasteiger partial charge in [0.2, 0.25) is 0 Å². The standard InChI is InChI=1S/C10H14N2O4/c1-5(2)7-6(9(14)15-3)8(13)12-10(11-7)16-4/h5H,1-4H3,(H,11,12,13). The van der Waals surface area contributed by atoms with Gasteiger partial charge in [0.1, 0.15) is 5.56 Å². The average molecular weight is 226 g/mol. The molecule has 1 aromatic rings. The summed E-state index contributed by atoms with van der Waals surface area (Å²) in [7, 11) is 2.61. The molecular weight excluding hydrogens is 212 g/mol. The summed E-state index contributed by atoms with van der Waals surface area (Å²) in [5.74, 6) is -0.773. The van der Waals surface area contributed by atoms with E-state index in [1.54, 1.807) is 0 Å². The predicted octanol–water partition coefficient (Wildman–Crippen LogP) is 0.688. The van der Waals surface area contributed by atoms with Crippen molar-refractivity contribution in [3.05, 3.63) is 21.6 Å². The van der Waals surface area contributed by atoms with E-state index >= 15 is 0 Å². The fourth-order valence-corrected chi connectivity index (χ4v) is 1.28. The molecule has 1 heterocycles. The zero-order valence-corrected chi connectivity index (χ0v) is 9.66. The smallest absolute Gasteiger partial charge is 0.345 e. The van der Waals surface area contributed by atoms with Crippen LogP contribution in [0.15, 0.2) is 4.79 Å². The molecule has 1 N–H and O–H groups in total. The van der Waals surface area contributed by atoms with Crippen LogP contribution in [-0.4, -0.2) is 30.2 Å². The molecule has 0 saturated carbocycles. The molecule has 0 aromatic carbocycles. The Labute approximate surface area is 92.6 Å². The average Bonchev–Trinajstić information content (AvgIpc) is 2.26. The van der Waals surface area contributed by atoms with Crippen LogP contribution in [-0.2, 0) is 4.74 Å². The Bertz CT molecular complexity index is 451. The van der Waals surface area contributed by atoms with Crippen molar-refractivity contribution in [3.63, 3.8) is 0 Å². The lowest BCUT2D eigenvalue weighted by atomic mass is 10.1. The summed E-state index contributed by atoms with van der Waals surface area (Å²) >= 11 is 0. The highest BCUT2D eigenvalue weighted by Crippen LogP contribution is 2.16. The number of carbonyl (C=O) groups is 1. The van der Waals surface area contributed by atoms with Crippen LogP contribution in [0.2, 0.25) is 0 Å². The van der Waals surface area contributed by atoms with E-state index in [0.717, 1.165) is 0 Å². The predicted molar refractivity (Wildman–Crippen MR) is 56.8 cm³/mol. The Morgan fingerprint density at radius 1 is 1.38 bits per heavy atom. The lowest BCUT2D eigenvalue weighted by Crippen LogP contribution is -2.24.